The molecular weight excluding hydrogens is 228 g/mol. The molecule has 0 radical (unpaired) electrons. The SMILES string of the molecule is CCCCCCC/C=C/C(=C/C=C/C(=O)O)CO. The Balaban J connectivity index is 3.86. The maximum atomic E-state index is 10.3. The number of aliphatic carboxylic acids is 1. The van der Waals surface area contributed by atoms with Crippen LogP contribution >= 0.6 is 0 Å². The summed E-state index contributed by atoms with van der Waals surface area (Å²) in [5.41, 5.74) is 0.723. The molecule has 3 heteroatoms. The van der Waals surface area contributed by atoms with Crippen molar-refractivity contribution in [2.24, 2.45) is 0 Å². The zero-order valence-corrected chi connectivity index (χ0v) is 11.1. The molecule has 0 aliphatic rings. The van der Waals surface area contributed by atoms with Gasteiger partial charge in [-0.05, 0) is 18.4 Å². The molecule has 0 atom stereocenters. The van der Waals surface area contributed by atoms with Crippen LogP contribution in [0, 0.1) is 0 Å². The first-order valence-corrected chi connectivity index (χ1v) is 6.58. The summed E-state index contributed by atoms with van der Waals surface area (Å²) in [7, 11) is 0. The van der Waals surface area contributed by atoms with Crippen molar-refractivity contribution in [2.45, 2.75) is 45.4 Å². The second-order valence-electron chi connectivity index (χ2n) is 4.20. The number of unbranched alkanes of at least 4 members (excludes halogenated alkanes) is 5. The Hall–Kier alpha value is -1.35. The quantitative estimate of drug-likeness (QED) is 0.355. The van der Waals surface area contributed by atoms with Gasteiger partial charge in [0, 0.05) is 6.08 Å². The Morgan fingerprint density at radius 1 is 1.11 bits per heavy atom. The van der Waals surface area contributed by atoms with Crippen molar-refractivity contribution in [3.8, 4) is 0 Å². The highest BCUT2D eigenvalue weighted by Crippen LogP contribution is 2.06. The lowest BCUT2D eigenvalue weighted by molar-refractivity contribution is -0.131. The van der Waals surface area contributed by atoms with Crippen LogP contribution in [0.5, 0.6) is 0 Å². The number of hydrogen-bond donors (Lipinski definition) is 2. The van der Waals surface area contributed by atoms with E-state index < -0.39 is 5.97 Å². The number of hydrogen-bond acceptors (Lipinski definition) is 2. The second kappa shape index (κ2) is 12.1. The Morgan fingerprint density at radius 3 is 2.44 bits per heavy atom. The zero-order chi connectivity index (χ0) is 13.6. The van der Waals surface area contributed by atoms with Gasteiger partial charge < -0.3 is 10.2 Å². The Morgan fingerprint density at radius 2 is 1.83 bits per heavy atom. The molecule has 2 N–H and O–H groups in total. The number of aliphatic hydroxyl groups excluding tert-OH is 1. The summed E-state index contributed by atoms with van der Waals surface area (Å²) in [4.78, 5) is 10.3. The van der Waals surface area contributed by atoms with Crippen LogP contribution in [0.25, 0.3) is 0 Å². The minimum atomic E-state index is -0.983. The van der Waals surface area contributed by atoms with E-state index in [4.69, 9.17) is 10.2 Å². The van der Waals surface area contributed by atoms with Crippen molar-refractivity contribution in [1.29, 1.82) is 0 Å². The standard InChI is InChI=1S/C15H24O3/c1-2-3-4-5-6-7-8-10-14(13-16)11-9-12-15(17)18/h8-12,16H,2-7,13H2,1H3,(H,17,18)/b10-8+,12-9+,14-11-. The molecule has 0 aromatic heterocycles. The van der Waals surface area contributed by atoms with E-state index in [2.05, 4.69) is 6.92 Å². The first kappa shape index (κ1) is 16.6. The van der Waals surface area contributed by atoms with Crippen molar-refractivity contribution in [1.82, 2.24) is 0 Å². The minimum absolute atomic E-state index is 0.0731. The first-order chi connectivity index (χ1) is 8.70. The maximum absolute atomic E-state index is 10.3. The van der Waals surface area contributed by atoms with Gasteiger partial charge in [0.1, 0.15) is 0 Å². The van der Waals surface area contributed by atoms with Crippen LogP contribution in [0.3, 0.4) is 0 Å². The molecular formula is C15H24O3. The smallest absolute Gasteiger partial charge is 0.328 e. The van der Waals surface area contributed by atoms with Gasteiger partial charge in [-0.25, -0.2) is 4.79 Å². The van der Waals surface area contributed by atoms with Crippen LogP contribution in [0.1, 0.15) is 45.4 Å². The summed E-state index contributed by atoms with van der Waals surface area (Å²) in [5, 5.41) is 17.5. The lowest BCUT2D eigenvalue weighted by atomic mass is 10.1. The Bertz CT molecular complexity index is 301. The molecule has 0 spiro atoms. The molecule has 0 aliphatic heterocycles. The molecule has 0 aliphatic carbocycles. The number of aliphatic hydroxyl groups is 1. The normalized spacial score (nSPS) is 12.7. The van der Waals surface area contributed by atoms with Crippen LogP contribution in [0.2, 0.25) is 0 Å². The minimum Gasteiger partial charge on any atom is -0.478 e. The highest BCUT2D eigenvalue weighted by atomic mass is 16.4. The van der Waals surface area contributed by atoms with Crippen LogP contribution in [-0.4, -0.2) is 22.8 Å². The maximum Gasteiger partial charge on any atom is 0.328 e. The van der Waals surface area contributed by atoms with Crippen LogP contribution in [-0.2, 0) is 4.79 Å². The number of carbonyl (C=O) groups is 1. The average Bonchev–Trinajstić information content (AvgIpc) is 2.35. The van der Waals surface area contributed by atoms with Crippen molar-refractivity contribution >= 4 is 5.97 Å². The molecule has 3 nitrogen and oxygen atoms in total. The summed E-state index contributed by atoms with van der Waals surface area (Å²) < 4.78 is 0. The lowest BCUT2D eigenvalue weighted by Gasteiger charge is -1.97. The lowest BCUT2D eigenvalue weighted by Crippen LogP contribution is -1.87. The fourth-order valence-corrected chi connectivity index (χ4v) is 1.52. The summed E-state index contributed by atoms with van der Waals surface area (Å²) in [5.74, 6) is -0.983. The van der Waals surface area contributed by atoms with E-state index in [1.165, 1.54) is 38.2 Å². The second-order valence-corrected chi connectivity index (χ2v) is 4.20. The van der Waals surface area contributed by atoms with Gasteiger partial charge in [0.2, 0.25) is 0 Å². The highest BCUT2D eigenvalue weighted by Gasteiger charge is 1.89. The Kier molecular flexibility index (Phi) is 11.2. The summed E-state index contributed by atoms with van der Waals surface area (Å²) in [6.45, 7) is 2.12. The molecule has 0 aromatic carbocycles. The topological polar surface area (TPSA) is 57.5 Å². The van der Waals surface area contributed by atoms with Crippen LogP contribution in [0.4, 0.5) is 0 Å². The van der Waals surface area contributed by atoms with Gasteiger partial charge in [-0.2, -0.15) is 0 Å². The van der Waals surface area contributed by atoms with Crippen molar-refractivity contribution in [3.63, 3.8) is 0 Å². The molecule has 0 rings (SSSR count). The highest BCUT2D eigenvalue weighted by molar-refractivity contribution is 5.80. The van der Waals surface area contributed by atoms with E-state index in [0.717, 1.165) is 18.1 Å². The average molecular weight is 252 g/mol. The molecule has 0 bridgehead atoms. The number of carboxylic acid groups (broad SMARTS) is 1. The third kappa shape index (κ3) is 11.1. The first-order valence-electron chi connectivity index (χ1n) is 6.58. The summed E-state index contributed by atoms with van der Waals surface area (Å²) >= 11 is 0. The molecule has 0 saturated heterocycles. The molecule has 0 aromatic rings. The van der Waals surface area contributed by atoms with Gasteiger partial charge in [-0.15, -0.1) is 0 Å². The van der Waals surface area contributed by atoms with Gasteiger partial charge in [0.05, 0.1) is 6.61 Å². The molecule has 0 heterocycles. The zero-order valence-electron chi connectivity index (χ0n) is 11.1. The van der Waals surface area contributed by atoms with E-state index in [1.54, 1.807) is 6.08 Å². The van der Waals surface area contributed by atoms with Crippen LogP contribution < -0.4 is 0 Å². The van der Waals surface area contributed by atoms with Gasteiger partial charge in [-0.3, -0.25) is 0 Å². The fraction of sp³-hybridized carbons (Fsp3) is 0.533. The van der Waals surface area contributed by atoms with Crippen molar-refractivity contribution in [2.75, 3.05) is 6.61 Å². The number of rotatable bonds is 10. The van der Waals surface area contributed by atoms with Gasteiger partial charge in [-0.1, -0.05) is 56.9 Å². The molecule has 0 amide bonds. The van der Waals surface area contributed by atoms with Gasteiger partial charge in [0.15, 0.2) is 0 Å². The fourth-order valence-electron chi connectivity index (χ4n) is 1.52. The third-order valence-corrected chi connectivity index (χ3v) is 2.54. The predicted octanol–water partition coefficient (Wildman–Crippen LogP) is 3.46. The molecule has 0 fully saturated rings. The molecule has 0 saturated carbocycles. The summed E-state index contributed by atoms with van der Waals surface area (Å²) in [6, 6.07) is 0. The Labute approximate surface area is 110 Å². The third-order valence-electron chi connectivity index (χ3n) is 2.54. The number of allylic oxidation sites excluding steroid dienone is 3. The number of carboxylic acids is 1. The predicted molar refractivity (Wildman–Crippen MR) is 74.5 cm³/mol. The monoisotopic (exact) mass is 252 g/mol. The van der Waals surface area contributed by atoms with Gasteiger partial charge in [0.25, 0.3) is 0 Å². The van der Waals surface area contributed by atoms with Crippen molar-refractivity contribution < 1.29 is 15.0 Å². The molecule has 0 unspecified atom stereocenters. The van der Waals surface area contributed by atoms with E-state index in [1.807, 2.05) is 12.2 Å². The van der Waals surface area contributed by atoms with Crippen molar-refractivity contribution in [3.05, 3.63) is 36.0 Å². The van der Waals surface area contributed by atoms with E-state index in [9.17, 15) is 4.79 Å². The van der Waals surface area contributed by atoms with Gasteiger partial charge >= 0.3 is 5.97 Å². The van der Waals surface area contributed by atoms with E-state index >= 15 is 0 Å². The molecule has 18 heavy (non-hydrogen) atoms. The summed E-state index contributed by atoms with van der Waals surface area (Å²) in [6.07, 6.45) is 15.2. The van der Waals surface area contributed by atoms with Crippen LogP contribution in [0.15, 0.2) is 36.0 Å². The molecule has 102 valence electrons. The van der Waals surface area contributed by atoms with E-state index in [0.29, 0.717) is 0 Å². The van der Waals surface area contributed by atoms with E-state index in [-0.39, 0.29) is 6.61 Å². The largest absolute Gasteiger partial charge is 0.478 e.